The smallest absolute Gasteiger partial charge is 0.315 e. The molecule has 5 heteroatoms. The first kappa shape index (κ1) is 17.2. The molecular weight excluding hydrogens is 302 g/mol. The van der Waals surface area contributed by atoms with Gasteiger partial charge in [-0.25, -0.2) is 4.79 Å². The van der Waals surface area contributed by atoms with Gasteiger partial charge in [0.25, 0.3) is 0 Å². The molecule has 3 rings (SSSR count). The van der Waals surface area contributed by atoms with Gasteiger partial charge in [0.1, 0.15) is 0 Å². The second-order valence-electron chi connectivity index (χ2n) is 7.48. The second-order valence-corrected chi connectivity index (χ2v) is 7.48. The summed E-state index contributed by atoms with van der Waals surface area (Å²) in [6, 6.07) is 10.6. The number of nitrogens with one attached hydrogen (secondary N) is 2. The topological polar surface area (TPSA) is 64.6 Å². The van der Waals surface area contributed by atoms with E-state index in [2.05, 4.69) is 39.8 Å². The average Bonchev–Trinajstić information content (AvgIpc) is 3.43. The maximum Gasteiger partial charge on any atom is 0.315 e. The molecule has 1 saturated heterocycles. The van der Waals surface area contributed by atoms with Crippen LogP contribution in [0.3, 0.4) is 0 Å². The Morgan fingerprint density at radius 2 is 1.88 bits per heavy atom. The molecule has 1 heterocycles. The van der Waals surface area contributed by atoms with Crippen molar-refractivity contribution in [2.45, 2.75) is 50.7 Å². The van der Waals surface area contributed by atoms with E-state index in [0.29, 0.717) is 5.92 Å². The van der Waals surface area contributed by atoms with E-state index in [1.807, 2.05) is 13.0 Å². The van der Waals surface area contributed by atoms with Crippen LogP contribution in [0.2, 0.25) is 0 Å². The van der Waals surface area contributed by atoms with Crippen molar-refractivity contribution in [2.24, 2.45) is 5.92 Å². The second kappa shape index (κ2) is 7.53. The summed E-state index contributed by atoms with van der Waals surface area (Å²) in [4.78, 5) is 14.7. The van der Waals surface area contributed by atoms with Gasteiger partial charge in [0, 0.05) is 25.7 Å². The molecule has 1 aromatic carbocycles. The number of carbonyl (C=O) groups excluding carboxylic acids is 1. The SMILES string of the molecule is CC(CO)(NC(=O)NC1CCN(Cc2ccccc2)CC1)C1CC1. The zero-order valence-corrected chi connectivity index (χ0v) is 14.5. The summed E-state index contributed by atoms with van der Waals surface area (Å²) in [6.07, 6.45) is 4.13. The summed E-state index contributed by atoms with van der Waals surface area (Å²) in [5.74, 6) is 0.418. The zero-order valence-electron chi connectivity index (χ0n) is 14.5. The molecule has 5 nitrogen and oxygen atoms in total. The van der Waals surface area contributed by atoms with Gasteiger partial charge in [0.15, 0.2) is 0 Å². The molecule has 0 radical (unpaired) electrons. The number of urea groups is 1. The van der Waals surface area contributed by atoms with Gasteiger partial charge in [-0.1, -0.05) is 30.3 Å². The van der Waals surface area contributed by atoms with Gasteiger partial charge in [0.2, 0.25) is 0 Å². The first-order chi connectivity index (χ1) is 11.6. The quantitative estimate of drug-likeness (QED) is 0.748. The molecule has 2 amide bonds. The number of piperidine rings is 1. The van der Waals surface area contributed by atoms with Gasteiger partial charge in [-0.15, -0.1) is 0 Å². The minimum atomic E-state index is -0.474. The largest absolute Gasteiger partial charge is 0.394 e. The van der Waals surface area contributed by atoms with E-state index in [-0.39, 0.29) is 18.7 Å². The summed E-state index contributed by atoms with van der Waals surface area (Å²) in [5.41, 5.74) is 0.864. The third-order valence-electron chi connectivity index (χ3n) is 5.38. The lowest BCUT2D eigenvalue weighted by atomic mass is 9.97. The Labute approximate surface area is 144 Å². The molecule has 1 aliphatic heterocycles. The van der Waals surface area contributed by atoms with Crippen molar-refractivity contribution in [2.75, 3.05) is 19.7 Å². The number of carbonyl (C=O) groups is 1. The summed E-state index contributed by atoms with van der Waals surface area (Å²) in [5, 5.41) is 15.7. The monoisotopic (exact) mass is 331 g/mol. The Balaban J connectivity index is 1.41. The van der Waals surface area contributed by atoms with Crippen molar-refractivity contribution >= 4 is 6.03 Å². The van der Waals surface area contributed by atoms with E-state index < -0.39 is 5.54 Å². The van der Waals surface area contributed by atoms with E-state index in [9.17, 15) is 9.90 Å². The molecule has 1 saturated carbocycles. The van der Waals surface area contributed by atoms with Crippen LogP contribution in [-0.2, 0) is 6.54 Å². The number of aliphatic hydroxyl groups excluding tert-OH is 1. The number of hydrogen-bond donors (Lipinski definition) is 3. The first-order valence-corrected chi connectivity index (χ1v) is 9.05. The van der Waals surface area contributed by atoms with E-state index in [1.165, 1.54) is 5.56 Å². The highest BCUT2D eigenvalue weighted by Crippen LogP contribution is 2.39. The maximum atomic E-state index is 12.2. The number of benzene rings is 1. The average molecular weight is 331 g/mol. The highest BCUT2D eigenvalue weighted by atomic mass is 16.3. The molecule has 24 heavy (non-hydrogen) atoms. The Bertz CT molecular complexity index is 539. The highest BCUT2D eigenvalue weighted by Gasteiger charge is 2.42. The molecule has 1 aromatic rings. The van der Waals surface area contributed by atoms with Gasteiger partial charge >= 0.3 is 6.03 Å². The lowest BCUT2D eigenvalue weighted by Crippen LogP contribution is -2.56. The normalized spacial score (nSPS) is 21.9. The van der Waals surface area contributed by atoms with E-state index in [1.54, 1.807) is 0 Å². The molecular formula is C19H29N3O2. The lowest BCUT2D eigenvalue weighted by Gasteiger charge is -2.34. The van der Waals surface area contributed by atoms with Crippen LogP contribution in [0.5, 0.6) is 0 Å². The van der Waals surface area contributed by atoms with E-state index in [0.717, 1.165) is 45.3 Å². The fourth-order valence-electron chi connectivity index (χ4n) is 3.55. The summed E-state index contributed by atoms with van der Waals surface area (Å²) in [7, 11) is 0. The Kier molecular flexibility index (Phi) is 5.41. The molecule has 0 aromatic heterocycles. The fraction of sp³-hybridized carbons (Fsp3) is 0.632. The zero-order chi connectivity index (χ0) is 17.0. The number of aliphatic hydroxyl groups is 1. The number of nitrogens with zero attached hydrogens (tertiary/aromatic N) is 1. The van der Waals surface area contributed by atoms with Crippen LogP contribution in [-0.4, -0.2) is 47.3 Å². The fourth-order valence-corrected chi connectivity index (χ4v) is 3.55. The minimum Gasteiger partial charge on any atom is -0.394 e. The predicted molar refractivity (Wildman–Crippen MR) is 94.6 cm³/mol. The molecule has 0 spiro atoms. The van der Waals surface area contributed by atoms with Crippen molar-refractivity contribution in [3.8, 4) is 0 Å². The third-order valence-corrected chi connectivity index (χ3v) is 5.38. The number of amides is 2. The molecule has 1 atom stereocenters. The van der Waals surface area contributed by atoms with Crippen LogP contribution in [0.1, 0.15) is 38.2 Å². The van der Waals surface area contributed by atoms with Crippen LogP contribution in [0.15, 0.2) is 30.3 Å². The Morgan fingerprint density at radius 1 is 1.21 bits per heavy atom. The van der Waals surface area contributed by atoms with Crippen LogP contribution in [0, 0.1) is 5.92 Å². The molecule has 3 N–H and O–H groups in total. The van der Waals surface area contributed by atoms with Crippen molar-refractivity contribution in [3.05, 3.63) is 35.9 Å². The van der Waals surface area contributed by atoms with E-state index in [4.69, 9.17) is 0 Å². The highest BCUT2D eigenvalue weighted by molar-refractivity contribution is 5.75. The molecule has 2 aliphatic rings. The van der Waals surface area contributed by atoms with E-state index >= 15 is 0 Å². The summed E-state index contributed by atoms with van der Waals surface area (Å²) >= 11 is 0. The van der Waals surface area contributed by atoms with Gasteiger partial charge in [-0.3, -0.25) is 4.90 Å². The standard InChI is InChI=1S/C19H29N3O2/c1-19(14-23,16-7-8-16)21-18(24)20-17-9-11-22(12-10-17)13-15-5-3-2-4-6-15/h2-6,16-17,23H,7-14H2,1H3,(H2,20,21,24). The molecule has 132 valence electrons. The molecule has 1 unspecified atom stereocenters. The van der Waals surface area contributed by atoms with Crippen LogP contribution < -0.4 is 10.6 Å². The van der Waals surface area contributed by atoms with Crippen molar-refractivity contribution < 1.29 is 9.90 Å². The summed E-state index contributed by atoms with van der Waals surface area (Å²) < 4.78 is 0. The first-order valence-electron chi connectivity index (χ1n) is 9.05. The Hall–Kier alpha value is -1.59. The molecule has 1 aliphatic carbocycles. The van der Waals surface area contributed by atoms with Gasteiger partial charge < -0.3 is 15.7 Å². The van der Waals surface area contributed by atoms with Crippen LogP contribution in [0.4, 0.5) is 4.79 Å². The maximum absolute atomic E-state index is 12.2. The number of hydrogen-bond acceptors (Lipinski definition) is 3. The minimum absolute atomic E-state index is 0.000602. The third kappa shape index (κ3) is 4.48. The number of likely N-dealkylation sites (tertiary alicyclic amines) is 1. The van der Waals surface area contributed by atoms with Gasteiger partial charge in [0.05, 0.1) is 12.1 Å². The van der Waals surface area contributed by atoms with Crippen molar-refractivity contribution in [3.63, 3.8) is 0 Å². The predicted octanol–water partition coefficient (Wildman–Crippen LogP) is 2.11. The van der Waals surface area contributed by atoms with Crippen LogP contribution >= 0.6 is 0 Å². The number of rotatable bonds is 6. The van der Waals surface area contributed by atoms with Gasteiger partial charge in [-0.05, 0) is 44.1 Å². The molecule has 2 fully saturated rings. The summed E-state index contributed by atoms with van der Waals surface area (Å²) in [6.45, 7) is 4.91. The van der Waals surface area contributed by atoms with Crippen molar-refractivity contribution in [1.29, 1.82) is 0 Å². The van der Waals surface area contributed by atoms with Gasteiger partial charge in [-0.2, -0.15) is 0 Å². The molecule has 0 bridgehead atoms. The lowest BCUT2D eigenvalue weighted by molar-refractivity contribution is 0.149. The van der Waals surface area contributed by atoms with Crippen molar-refractivity contribution in [1.82, 2.24) is 15.5 Å². The Morgan fingerprint density at radius 3 is 2.46 bits per heavy atom. The van der Waals surface area contributed by atoms with Crippen LogP contribution in [0.25, 0.3) is 0 Å².